The van der Waals surface area contributed by atoms with Crippen LogP contribution in [0.25, 0.3) is 100.0 Å². The van der Waals surface area contributed by atoms with E-state index in [0.29, 0.717) is 116 Å². The topological polar surface area (TPSA) is 286 Å². The fourth-order valence-corrected chi connectivity index (χ4v) is 11.6. The molecule has 3 aliphatic heterocycles. The summed E-state index contributed by atoms with van der Waals surface area (Å²) in [5.74, 6) is 0.561. The van der Waals surface area contributed by atoms with Crippen LogP contribution in [0.5, 0.6) is 0 Å². The van der Waals surface area contributed by atoms with Crippen LogP contribution in [0.2, 0.25) is 5.02 Å². The first-order chi connectivity index (χ1) is 42.2. The van der Waals surface area contributed by atoms with Crippen molar-refractivity contribution in [1.29, 1.82) is 5.26 Å². The summed E-state index contributed by atoms with van der Waals surface area (Å²) in [5, 5.41) is 12.9. The van der Waals surface area contributed by atoms with Gasteiger partial charge in [0.25, 0.3) is 10.2 Å². The maximum Gasteiger partial charge on any atom is 0.299 e. The molecule has 3 aliphatic carbocycles. The van der Waals surface area contributed by atoms with Crippen molar-refractivity contribution in [2.75, 3.05) is 107 Å². The van der Waals surface area contributed by atoms with Crippen LogP contribution in [0.1, 0.15) is 12.5 Å². The Balaban J connectivity index is 0.000000146. The summed E-state index contributed by atoms with van der Waals surface area (Å²) in [6, 6.07) is 39.9. The molecule has 0 fully saturated rings. The third-order valence-corrected chi connectivity index (χ3v) is 16.6. The van der Waals surface area contributed by atoms with Crippen LogP contribution in [0.15, 0.2) is 155 Å². The van der Waals surface area contributed by atoms with Gasteiger partial charge in [-0.2, -0.15) is 18.4 Å². The second kappa shape index (κ2) is 25.9. The largest absolute Gasteiger partial charge is 0.451 e. The van der Waals surface area contributed by atoms with Crippen LogP contribution in [0.3, 0.4) is 0 Å². The first kappa shape index (κ1) is 61.8. The van der Waals surface area contributed by atoms with Crippen molar-refractivity contribution in [2.45, 2.75) is 6.92 Å². The van der Waals surface area contributed by atoms with E-state index in [1.54, 1.807) is 87.9 Å². The molecule has 0 amide bonds. The number of halogens is 1. The van der Waals surface area contributed by atoms with Crippen LogP contribution in [-0.2, 0) is 29.7 Å². The van der Waals surface area contributed by atoms with Crippen molar-refractivity contribution in [2.24, 2.45) is 0 Å². The molecule has 6 aliphatic rings. The number of benzene rings is 9. The zero-order chi connectivity index (χ0) is 62.6. The fraction of sp³-hybridized carbons (Fsp3) is 0.222. The highest BCUT2D eigenvalue weighted by Gasteiger charge is 2.27. The highest BCUT2D eigenvalue weighted by atomic mass is 35.5. The van der Waals surface area contributed by atoms with Gasteiger partial charge in [0.05, 0.1) is 19.5 Å². The summed E-state index contributed by atoms with van der Waals surface area (Å²) in [6.45, 7) is 5.13. The van der Waals surface area contributed by atoms with Crippen molar-refractivity contribution in [3.05, 3.63) is 169 Å². The molecule has 0 bridgehead atoms. The van der Waals surface area contributed by atoms with Crippen molar-refractivity contribution < 1.29 is 39.6 Å². The van der Waals surface area contributed by atoms with Gasteiger partial charge >= 0.3 is 0 Å². The second-order valence-corrected chi connectivity index (χ2v) is 24.2. The number of fused-ring (bicyclic) bond motifs is 12. The minimum atomic E-state index is -3.94. The number of ether oxygens (including phenoxy) is 2. The second-order valence-electron chi connectivity index (χ2n) is 20.5. The van der Waals surface area contributed by atoms with Crippen LogP contribution >= 0.6 is 11.6 Å². The molecule has 3 N–H and O–H groups in total. The van der Waals surface area contributed by atoms with Gasteiger partial charge in [-0.15, -0.1) is 0 Å². The summed E-state index contributed by atoms with van der Waals surface area (Å²) in [5.41, 5.74) is 6.06. The first-order valence-corrected chi connectivity index (χ1v) is 31.2. The standard InChI is InChI=1S/C22H21ClN2O4.C21H18N4O4S.C20H20N4O4S/c1-27-11-9-25(10-12-28-2)14-7-8-17-18(13-14)29-22-19(23)21(26)16-6-4-3-5-15(16)20(22)24-17;1-25(10-9-23-30(2,27)28)13-7-8-17-18(11-13)29-21-16(12-22)20(26)15-6-4-3-5-14(15)19(21)24-17;1-4-21-29(26,27)23-18-19(25)14-8-6-5-7-13(14)17-20(18)28-16-11-12(24(2)3)9-10-15(16)22-17/h3-8,13H,9-12H2,1-2H3;3-8,11,23H,9-10H2,1-2H3;5-11,21,23H,4H2,1-3H3. The highest BCUT2D eigenvalue weighted by Crippen LogP contribution is 2.39. The molecule has 0 aromatic heterocycles. The van der Waals surface area contributed by atoms with Crippen molar-refractivity contribution in [3.8, 4) is 40.4 Å². The molecule has 0 radical (unpaired) electrons. The lowest BCUT2D eigenvalue weighted by Gasteiger charge is -2.24. The van der Waals surface area contributed by atoms with Gasteiger partial charge in [0.2, 0.25) is 26.3 Å². The lowest BCUT2D eigenvalue weighted by Crippen LogP contribution is -2.32. The predicted molar refractivity (Wildman–Crippen MR) is 346 cm³/mol. The van der Waals surface area contributed by atoms with E-state index in [0.717, 1.165) is 28.7 Å². The number of nitrogens with one attached hydrogen (secondary N) is 3. The molecule has 88 heavy (non-hydrogen) atoms. The molecule has 0 unspecified atom stereocenters. The van der Waals surface area contributed by atoms with Gasteiger partial charge in [-0.25, -0.2) is 28.1 Å². The normalized spacial score (nSPS) is 11.8. The Morgan fingerprint density at radius 2 is 1.01 bits per heavy atom. The number of likely N-dealkylation sites (N-methyl/N-ethyl adjacent to an activating group) is 1. The lowest BCUT2D eigenvalue weighted by molar-refractivity contribution is 0.190. The summed E-state index contributed by atoms with van der Waals surface area (Å²) in [4.78, 5) is 58.4. The van der Waals surface area contributed by atoms with Gasteiger partial charge in [0.1, 0.15) is 56.0 Å². The third kappa shape index (κ3) is 12.9. The fourth-order valence-electron chi connectivity index (χ4n) is 9.98. The summed E-state index contributed by atoms with van der Waals surface area (Å²) in [6.07, 6.45) is 1.11. The molecule has 0 atom stereocenters. The van der Waals surface area contributed by atoms with E-state index >= 15 is 0 Å². The Kier molecular flexibility index (Phi) is 18.2. The number of nitriles is 1. The summed E-state index contributed by atoms with van der Waals surface area (Å²) < 4.78 is 82.7. The van der Waals surface area contributed by atoms with Crippen LogP contribution in [0.4, 0.5) is 22.7 Å². The number of sulfonamides is 1. The van der Waals surface area contributed by atoms with E-state index in [2.05, 4.69) is 29.0 Å². The van der Waals surface area contributed by atoms with Crippen molar-refractivity contribution in [1.82, 2.24) is 24.4 Å². The average Bonchev–Trinajstić information content (AvgIpc) is 0.946. The minimum absolute atomic E-state index is 0.0501. The number of aromatic nitrogens is 3. The zero-order valence-electron chi connectivity index (χ0n) is 48.8. The van der Waals surface area contributed by atoms with E-state index in [1.807, 2.05) is 97.7 Å². The molecule has 0 spiro atoms. The number of methoxy groups -OCH3 is 2. The zero-order valence-corrected chi connectivity index (χ0v) is 51.2. The van der Waals surface area contributed by atoms with Crippen molar-refractivity contribution in [3.63, 3.8) is 0 Å². The van der Waals surface area contributed by atoms with E-state index in [9.17, 15) is 36.5 Å². The molecule has 22 nitrogen and oxygen atoms in total. The van der Waals surface area contributed by atoms with E-state index in [4.69, 9.17) is 39.3 Å². The first-order valence-electron chi connectivity index (χ1n) is 27.5. The van der Waals surface area contributed by atoms with Gasteiger partial charge in [0.15, 0.2) is 34.0 Å². The van der Waals surface area contributed by atoms with E-state index in [-0.39, 0.29) is 51.7 Å². The van der Waals surface area contributed by atoms with Gasteiger partial charge in [-0.3, -0.25) is 19.1 Å². The molecular weight excluding hydrogens is 1190 g/mol. The Labute approximate surface area is 509 Å². The molecule has 25 heteroatoms. The predicted octanol–water partition coefficient (Wildman–Crippen LogP) is 9.28. The maximum absolute atomic E-state index is 13.1. The Bertz CT molecular complexity index is 4990. The molecule has 6 aromatic carbocycles. The number of hydrogen-bond acceptors (Lipinski definition) is 19. The molecule has 6 aromatic rings. The molecule has 0 saturated heterocycles. The quantitative estimate of drug-likeness (QED) is 0.0565. The SMILES string of the molecule is CCNS(=O)(=O)Nc1c2oc3cc(N(C)C)ccc3nc-2c2ccccc2c1=O.CN(CCNS(C)(=O)=O)c1ccc2nc3c4ccccc4c(=O)c(C#N)c-3oc2c1.COCCN(CCOC)c1ccc2nc3c4ccccc4c(=O)c(Cl)c-3oc2c1. The smallest absolute Gasteiger partial charge is 0.299 e. The van der Waals surface area contributed by atoms with Crippen molar-refractivity contribution >= 4 is 120 Å². The third-order valence-electron chi connectivity index (χ3n) is 14.3. The number of rotatable bonds is 17. The maximum atomic E-state index is 13.1. The summed E-state index contributed by atoms with van der Waals surface area (Å²) in [7, 11) is 1.77. The van der Waals surface area contributed by atoms with Gasteiger partial charge < -0.3 is 37.4 Å². The molecule has 3 heterocycles. The van der Waals surface area contributed by atoms with Gasteiger partial charge in [0, 0.05) is 136 Å². The Morgan fingerprint density at radius 3 is 1.52 bits per heavy atom. The monoisotopic (exact) mass is 1250 g/mol. The Morgan fingerprint density at radius 1 is 0.568 bits per heavy atom. The van der Waals surface area contributed by atoms with Crippen LogP contribution in [-0.4, -0.2) is 119 Å². The minimum Gasteiger partial charge on any atom is -0.451 e. The van der Waals surface area contributed by atoms with Crippen LogP contribution in [0, 0.1) is 11.3 Å². The number of nitrogens with zero attached hydrogens (tertiary/aromatic N) is 7. The number of hydrogen-bond donors (Lipinski definition) is 3. The molecular formula is C63H59ClN10O12S2. The molecule has 12 rings (SSSR count). The summed E-state index contributed by atoms with van der Waals surface area (Å²) >= 11 is 6.36. The van der Waals surface area contributed by atoms with E-state index in [1.165, 1.54) is 0 Å². The average molecular weight is 1250 g/mol. The van der Waals surface area contributed by atoms with Crippen LogP contribution < -0.4 is 45.2 Å². The number of anilines is 4. The van der Waals surface area contributed by atoms with E-state index < -0.39 is 25.7 Å². The lowest BCUT2D eigenvalue weighted by atomic mass is 10.00. The Hall–Kier alpha value is -9.32. The van der Waals surface area contributed by atoms with Gasteiger partial charge in [-0.05, 0) is 36.4 Å². The highest BCUT2D eigenvalue weighted by molar-refractivity contribution is 7.90. The molecule has 0 saturated carbocycles. The molecule has 452 valence electrons. The van der Waals surface area contributed by atoms with Gasteiger partial charge in [-0.1, -0.05) is 91.3 Å².